The van der Waals surface area contributed by atoms with Gasteiger partial charge in [0.1, 0.15) is 0 Å². The largest absolute Gasteiger partial charge is 0.363 e. The number of aryl methyl sites for hydroxylation is 1. The van der Waals surface area contributed by atoms with E-state index in [9.17, 15) is 4.79 Å². The van der Waals surface area contributed by atoms with Gasteiger partial charge in [0.25, 0.3) is 0 Å². The van der Waals surface area contributed by atoms with Crippen LogP contribution in [0.3, 0.4) is 0 Å². The number of hydrogen-bond donors (Lipinski definition) is 2. The first kappa shape index (κ1) is 13.0. The van der Waals surface area contributed by atoms with Crippen LogP contribution in [0.25, 0.3) is 10.9 Å². The van der Waals surface area contributed by atoms with E-state index in [0.29, 0.717) is 5.82 Å². The van der Waals surface area contributed by atoms with Crippen molar-refractivity contribution in [2.75, 3.05) is 5.43 Å². The average molecular weight is 282 g/mol. The summed E-state index contributed by atoms with van der Waals surface area (Å²) in [5.74, 6) is 0.300. The molecule has 3 aromatic rings. The number of hydrogen-bond acceptors (Lipinski definition) is 5. The minimum atomic E-state index is -0.516. The van der Waals surface area contributed by atoms with Crippen molar-refractivity contribution in [1.82, 2.24) is 19.7 Å². The highest BCUT2D eigenvalue weighted by atomic mass is 16.1. The van der Waals surface area contributed by atoms with E-state index in [4.69, 9.17) is 0 Å². The first-order valence-electron chi connectivity index (χ1n) is 6.56. The Morgan fingerprint density at radius 1 is 1.43 bits per heavy atom. The van der Waals surface area contributed by atoms with Crippen molar-refractivity contribution in [2.45, 2.75) is 13.5 Å². The molecule has 3 rings (SSSR count). The predicted octanol–water partition coefficient (Wildman–Crippen LogP) is 1.59. The number of anilines is 1. The van der Waals surface area contributed by atoms with Crippen LogP contribution in [0.15, 0.2) is 46.6 Å². The van der Waals surface area contributed by atoms with Gasteiger partial charge >= 0.3 is 5.69 Å². The van der Waals surface area contributed by atoms with Crippen molar-refractivity contribution in [2.24, 2.45) is 5.10 Å². The number of aromatic nitrogens is 4. The minimum absolute atomic E-state index is 0.300. The fourth-order valence-electron chi connectivity index (χ4n) is 2.17. The van der Waals surface area contributed by atoms with Crippen molar-refractivity contribution in [3.63, 3.8) is 0 Å². The smallest absolute Gasteiger partial charge is 0.347 e. The lowest BCUT2D eigenvalue weighted by Crippen LogP contribution is -2.13. The molecule has 106 valence electrons. The van der Waals surface area contributed by atoms with E-state index in [2.05, 4.69) is 49.3 Å². The highest BCUT2D eigenvalue weighted by molar-refractivity contribution is 5.99. The number of benzene rings is 1. The zero-order chi connectivity index (χ0) is 14.7. The normalized spacial score (nSPS) is 11.3. The standard InChI is InChI=1S/C14H14N6O/c1-2-20-9-10(11-5-3-4-6-12(11)20)7-15-18-13-8-16-19-14(21)17-13/h3-9H,2H2,1H3,(H2,17,18,19,21)/b15-7+. The molecular weight excluding hydrogens is 268 g/mol. The molecule has 0 aliphatic carbocycles. The van der Waals surface area contributed by atoms with Gasteiger partial charge in [-0.3, -0.25) is 5.43 Å². The predicted molar refractivity (Wildman–Crippen MR) is 81.5 cm³/mol. The van der Waals surface area contributed by atoms with Gasteiger partial charge in [-0.05, 0) is 13.0 Å². The molecule has 2 aromatic heterocycles. The molecule has 0 atom stereocenters. The Kier molecular flexibility index (Phi) is 3.46. The number of para-hydroxylation sites is 1. The van der Waals surface area contributed by atoms with Crippen LogP contribution in [-0.4, -0.2) is 26.0 Å². The summed E-state index contributed by atoms with van der Waals surface area (Å²) in [6.07, 6.45) is 5.14. The van der Waals surface area contributed by atoms with Crippen LogP contribution in [0.2, 0.25) is 0 Å². The number of H-pyrrole nitrogens is 1. The fraction of sp³-hybridized carbons (Fsp3) is 0.143. The molecule has 0 bridgehead atoms. The van der Waals surface area contributed by atoms with Gasteiger partial charge in [0.05, 0.1) is 12.4 Å². The summed E-state index contributed by atoms with van der Waals surface area (Å²) in [6.45, 7) is 2.98. The third-order valence-corrected chi connectivity index (χ3v) is 3.11. The molecule has 0 aliphatic heterocycles. The molecule has 0 spiro atoms. The molecule has 0 radical (unpaired) electrons. The van der Waals surface area contributed by atoms with Gasteiger partial charge < -0.3 is 4.57 Å². The van der Waals surface area contributed by atoms with Gasteiger partial charge in [0, 0.05) is 29.2 Å². The van der Waals surface area contributed by atoms with Crippen molar-refractivity contribution in [1.29, 1.82) is 0 Å². The van der Waals surface area contributed by atoms with Gasteiger partial charge in [0.15, 0.2) is 5.82 Å². The van der Waals surface area contributed by atoms with Crippen molar-refractivity contribution in [3.8, 4) is 0 Å². The monoisotopic (exact) mass is 282 g/mol. The Balaban J connectivity index is 1.88. The Morgan fingerprint density at radius 3 is 3.10 bits per heavy atom. The Labute approximate surface area is 120 Å². The second-order valence-corrected chi connectivity index (χ2v) is 4.43. The highest BCUT2D eigenvalue weighted by Gasteiger charge is 2.04. The van der Waals surface area contributed by atoms with E-state index in [1.165, 1.54) is 6.20 Å². The number of fused-ring (bicyclic) bond motifs is 1. The van der Waals surface area contributed by atoms with Gasteiger partial charge in [-0.1, -0.05) is 18.2 Å². The molecular formula is C14H14N6O. The maximum atomic E-state index is 11.0. The molecule has 0 fully saturated rings. The molecule has 7 nitrogen and oxygen atoms in total. The number of aromatic amines is 1. The van der Waals surface area contributed by atoms with E-state index >= 15 is 0 Å². The lowest BCUT2D eigenvalue weighted by atomic mass is 10.2. The summed E-state index contributed by atoms with van der Waals surface area (Å²) in [5, 5.41) is 11.1. The molecule has 0 saturated heterocycles. The van der Waals surface area contributed by atoms with E-state index in [0.717, 1.165) is 23.0 Å². The van der Waals surface area contributed by atoms with E-state index in [-0.39, 0.29) is 0 Å². The maximum Gasteiger partial charge on any atom is 0.363 e. The summed E-state index contributed by atoms with van der Waals surface area (Å²) in [5.41, 5.74) is 4.34. The fourth-order valence-corrected chi connectivity index (χ4v) is 2.17. The molecule has 0 saturated carbocycles. The Bertz CT molecular complexity index is 848. The van der Waals surface area contributed by atoms with Gasteiger partial charge in [0.2, 0.25) is 0 Å². The van der Waals surface area contributed by atoms with Crippen molar-refractivity contribution >= 4 is 22.9 Å². The van der Waals surface area contributed by atoms with Crippen LogP contribution in [0, 0.1) is 0 Å². The van der Waals surface area contributed by atoms with E-state index in [1.54, 1.807) is 6.21 Å². The third-order valence-electron chi connectivity index (χ3n) is 3.11. The van der Waals surface area contributed by atoms with Crippen molar-refractivity contribution < 1.29 is 0 Å². The van der Waals surface area contributed by atoms with Crippen LogP contribution in [0.1, 0.15) is 12.5 Å². The summed E-state index contributed by atoms with van der Waals surface area (Å²) < 4.78 is 2.16. The molecule has 2 heterocycles. The molecule has 1 aromatic carbocycles. The topological polar surface area (TPSA) is 88.0 Å². The number of rotatable bonds is 4. The van der Waals surface area contributed by atoms with E-state index < -0.39 is 5.69 Å². The SMILES string of the molecule is CCn1cc(/C=N/Nc2cn[nH]c(=O)n2)c2ccccc21. The summed E-state index contributed by atoms with van der Waals surface area (Å²) in [4.78, 5) is 14.7. The third kappa shape index (κ3) is 2.66. The zero-order valence-corrected chi connectivity index (χ0v) is 11.4. The lowest BCUT2D eigenvalue weighted by Gasteiger charge is -1.97. The highest BCUT2D eigenvalue weighted by Crippen LogP contribution is 2.19. The quantitative estimate of drug-likeness (QED) is 0.562. The van der Waals surface area contributed by atoms with E-state index in [1.807, 2.05) is 18.3 Å². The van der Waals surface area contributed by atoms with Crippen LogP contribution in [-0.2, 0) is 6.54 Å². The second-order valence-electron chi connectivity index (χ2n) is 4.43. The van der Waals surface area contributed by atoms with Crippen LogP contribution in [0.4, 0.5) is 5.82 Å². The summed E-state index contributed by atoms with van der Waals surface area (Å²) in [7, 11) is 0. The summed E-state index contributed by atoms with van der Waals surface area (Å²) >= 11 is 0. The number of hydrazone groups is 1. The van der Waals surface area contributed by atoms with Gasteiger partial charge in [-0.25, -0.2) is 9.89 Å². The molecule has 0 unspecified atom stereocenters. The number of nitrogens with one attached hydrogen (secondary N) is 2. The average Bonchev–Trinajstić information content (AvgIpc) is 2.86. The van der Waals surface area contributed by atoms with Crippen molar-refractivity contribution in [3.05, 3.63) is 52.7 Å². The molecule has 21 heavy (non-hydrogen) atoms. The lowest BCUT2D eigenvalue weighted by molar-refractivity contribution is 0.797. The first-order chi connectivity index (χ1) is 10.3. The van der Waals surface area contributed by atoms with Gasteiger partial charge in [-0.2, -0.15) is 15.2 Å². The molecule has 0 aliphatic rings. The second kappa shape index (κ2) is 5.58. The molecule has 0 amide bonds. The van der Waals surface area contributed by atoms with Gasteiger partial charge in [-0.15, -0.1) is 0 Å². The van der Waals surface area contributed by atoms with Crippen LogP contribution >= 0.6 is 0 Å². The Hall–Kier alpha value is -2.96. The zero-order valence-electron chi connectivity index (χ0n) is 11.4. The first-order valence-corrected chi connectivity index (χ1v) is 6.56. The summed E-state index contributed by atoms with van der Waals surface area (Å²) in [6, 6.07) is 8.14. The Morgan fingerprint density at radius 2 is 2.29 bits per heavy atom. The molecule has 2 N–H and O–H groups in total. The number of nitrogens with zero attached hydrogens (tertiary/aromatic N) is 4. The van der Waals surface area contributed by atoms with Crippen LogP contribution in [0.5, 0.6) is 0 Å². The maximum absolute atomic E-state index is 11.0. The molecule has 7 heteroatoms. The minimum Gasteiger partial charge on any atom is -0.347 e. The van der Waals surface area contributed by atoms with Crippen LogP contribution < -0.4 is 11.1 Å².